The first-order valence-electron chi connectivity index (χ1n) is 7.26. The summed E-state index contributed by atoms with van der Waals surface area (Å²) in [5, 5.41) is 0.496. The van der Waals surface area contributed by atoms with E-state index in [1.54, 1.807) is 23.2 Å². The van der Waals surface area contributed by atoms with Crippen LogP contribution in [0.4, 0.5) is 0 Å². The Bertz CT molecular complexity index is 806. The molecule has 3 rings (SSSR count). The van der Waals surface area contributed by atoms with Crippen LogP contribution in [0.5, 0.6) is 0 Å². The normalized spacial score (nSPS) is 20.0. The monoisotopic (exact) mass is 322 g/mol. The number of halogens is 1. The number of fused-ring (bicyclic) bond motifs is 1. The molecule has 1 aliphatic heterocycles. The molecule has 0 atom stereocenters. The SMILES string of the molecule is Cn1c(=O)n(C)c2c(Cl)c(B3OC(C)(C)C(C)(C)O3)ccc21. The lowest BCUT2D eigenvalue weighted by atomic mass is 9.79. The van der Waals surface area contributed by atoms with Gasteiger partial charge in [-0.3, -0.25) is 9.13 Å². The Morgan fingerprint density at radius 2 is 1.59 bits per heavy atom. The lowest BCUT2D eigenvalue weighted by Crippen LogP contribution is -2.41. The minimum atomic E-state index is -0.544. The van der Waals surface area contributed by atoms with Gasteiger partial charge in [0, 0.05) is 19.6 Å². The van der Waals surface area contributed by atoms with Crippen LogP contribution in [0.1, 0.15) is 27.7 Å². The molecule has 5 nitrogen and oxygen atoms in total. The molecule has 1 fully saturated rings. The molecule has 0 bridgehead atoms. The van der Waals surface area contributed by atoms with E-state index in [1.165, 1.54) is 0 Å². The van der Waals surface area contributed by atoms with Crippen molar-refractivity contribution in [3.05, 3.63) is 27.6 Å². The van der Waals surface area contributed by atoms with E-state index in [0.29, 0.717) is 10.5 Å². The zero-order chi connectivity index (χ0) is 16.4. The Balaban J connectivity index is 2.17. The van der Waals surface area contributed by atoms with Gasteiger partial charge >= 0.3 is 12.8 Å². The van der Waals surface area contributed by atoms with Crippen LogP contribution >= 0.6 is 11.6 Å². The summed E-state index contributed by atoms with van der Waals surface area (Å²) >= 11 is 6.57. The number of hydrogen-bond donors (Lipinski definition) is 0. The van der Waals surface area contributed by atoms with Crippen molar-refractivity contribution >= 4 is 35.2 Å². The summed E-state index contributed by atoms with van der Waals surface area (Å²) in [6, 6.07) is 3.75. The van der Waals surface area contributed by atoms with Crippen molar-refractivity contribution in [2.45, 2.75) is 38.9 Å². The highest BCUT2D eigenvalue weighted by Gasteiger charge is 2.52. The molecule has 2 aromatic rings. The van der Waals surface area contributed by atoms with Gasteiger partial charge in [-0.15, -0.1) is 0 Å². The number of hydrogen-bond acceptors (Lipinski definition) is 3. The highest BCUT2D eigenvalue weighted by molar-refractivity contribution is 6.66. The summed E-state index contributed by atoms with van der Waals surface area (Å²) in [6.45, 7) is 7.99. The van der Waals surface area contributed by atoms with Gasteiger partial charge in [-0.05, 0) is 33.8 Å². The van der Waals surface area contributed by atoms with Crippen molar-refractivity contribution in [1.29, 1.82) is 0 Å². The van der Waals surface area contributed by atoms with Gasteiger partial charge in [-0.2, -0.15) is 0 Å². The van der Waals surface area contributed by atoms with Crippen LogP contribution < -0.4 is 11.2 Å². The molecule has 0 aliphatic carbocycles. The van der Waals surface area contributed by atoms with Gasteiger partial charge in [0.1, 0.15) is 0 Å². The van der Waals surface area contributed by atoms with Crippen molar-refractivity contribution < 1.29 is 9.31 Å². The molecule has 0 spiro atoms. The topological polar surface area (TPSA) is 45.4 Å². The van der Waals surface area contributed by atoms with E-state index in [1.807, 2.05) is 39.8 Å². The Morgan fingerprint density at radius 3 is 2.14 bits per heavy atom. The van der Waals surface area contributed by atoms with E-state index in [4.69, 9.17) is 20.9 Å². The molecule has 1 aromatic carbocycles. The summed E-state index contributed by atoms with van der Waals surface area (Å²) < 4.78 is 15.2. The summed E-state index contributed by atoms with van der Waals surface area (Å²) in [6.07, 6.45) is 0. The fraction of sp³-hybridized carbons (Fsp3) is 0.533. The molecular formula is C15H20BClN2O3. The molecule has 1 aliphatic rings. The third-order valence-electron chi connectivity index (χ3n) is 4.90. The first-order valence-corrected chi connectivity index (χ1v) is 7.64. The second-order valence-electron chi connectivity index (χ2n) is 6.83. The van der Waals surface area contributed by atoms with Crippen LogP contribution in [0.15, 0.2) is 16.9 Å². The minimum Gasteiger partial charge on any atom is -0.399 e. The third-order valence-corrected chi connectivity index (χ3v) is 5.30. The largest absolute Gasteiger partial charge is 0.496 e. The Kier molecular flexibility index (Phi) is 3.30. The second-order valence-corrected chi connectivity index (χ2v) is 7.20. The predicted molar refractivity (Wildman–Crippen MR) is 88.9 cm³/mol. The molecule has 118 valence electrons. The first-order chi connectivity index (χ1) is 10.1. The Morgan fingerprint density at radius 1 is 1.05 bits per heavy atom. The number of nitrogens with zero attached hydrogens (tertiary/aromatic N) is 2. The molecule has 1 aromatic heterocycles. The van der Waals surface area contributed by atoms with Crippen molar-refractivity contribution in [2.24, 2.45) is 14.1 Å². The van der Waals surface area contributed by atoms with E-state index in [0.717, 1.165) is 11.0 Å². The fourth-order valence-corrected chi connectivity index (χ4v) is 3.11. The van der Waals surface area contributed by atoms with Gasteiger partial charge < -0.3 is 9.31 Å². The predicted octanol–water partition coefficient (Wildman–Crippen LogP) is 1.83. The molecule has 2 heterocycles. The van der Waals surface area contributed by atoms with Crippen molar-refractivity contribution in [3.63, 3.8) is 0 Å². The van der Waals surface area contributed by atoms with Crippen molar-refractivity contribution in [3.8, 4) is 0 Å². The maximum atomic E-state index is 12.1. The molecule has 0 saturated carbocycles. The standard InChI is InChI=1S/C15H20BClN2O3/c1-14(2)15(3,4)22-16(21-14)9-7-8-10-12(11(9)17)19(6)13(20)18(10)5/h7-8H,1-6H3. The minimum absolute atomic E-state index is 0.108. The lowest BCUT2D eigenvalue weighted by molar-refractivity contribution is 0.00578. The van der Waals surface area contributed by atoms with Gasteiger partial charge in [-0.1, -0.05) is 17.7 Å². The quantitative estimate of drug-likeness (QED) is 0.753. The number of aryl methyl sites for hydroxylation is 2. The zero-order valence-corrected chi connectivity index (χ0v) is 14.5. The highest BCUT2D eigenvalue weighted by atomic mass is 35.5. The van der Waals surface area contributed by atoms with Crippen LogP contribution in [0, 0.1) is 0 Å². The lowest BCUT2D eigenvalue weighted by Gasteiger charge is -2.32. The molecule has 0 N–H and O–H groups in total. The summed E-state index contributed by atoms with van der Waals surface area (Å²) in [4.78, 5) is 12.1. The first kappa shape index (κ1) is 15.7. The van der Waals surface area contributed by atoms with Gasteiger partial charge in [0.15, 0.2) is 0 Å². The van der Waals surface area contributed by atoms with E-state index < -0.39 is 18.3 Å². The van der Waals surface area contributed by atoms with Gasteiger partial charge in [0.25, 0.3) is 0 Å². The zero-order valence-electron chi connectivity index (χ0n) is 13.7. The van der Waals surface area contributed by atoms with E-state index in [9.17, 15) is 4.79 Å². The van der Waals surface area contributed by atoms with Crippen LogP contribution in [-0.2, 0) is 23.4 Å². The summed E-state index contributed by atoms with van der Waals surface area (Å²) in [7, 11) is 2.90. The molecule has 0 radical (unpaired) electrons. The maximum absolute atomic E-state index is 12.1. The van der Waals surface area contributed by atoms with E-state index in [2.05, 4.69) is 0 Å². The Labute approximate surface area is 134 Å². The number of aromatic nitrogens is 2. The fourth-order valence-electron chi connectivity index (χ4n) is 2.74. The molecule has 22 heavy (non-hydrogen) atoms. The maximum Gasteiger partial charge on any atom is 0.496 e. The van der Waals surface area contributed by atoms with Gasteiger partial charge in [0.05, 0.1) is 27.3 Å². The van der Waals surface area contributed by atoms with Gasteiger partial charge in [0.2, 0.25) is 0 Å². The highest BCUT2D eigenvalue weighted by Crippen LogP contribution is 2.37. The van der Waals surface area contributed by atoms with Crippen molar-refractivity contribution in [1.82, 2.24) is 9.13 Å². The number of benzene rings is 1. The summed E-state index contributed by atoms with van der Waals surface area (Å²) in [5.41, 5.74) is 1.26. The second kappa shape index (κ2) is 4.63. The molecule has 1 saturated heterocycles. The average Bonchev–Trinajstić information content (AvgIpc) is 2.76. The average molecular weight is 323 g/mol. The van der Waals surface area contributed by atoms with E-state index in [-0.39, 0.29) is 5.69 Å². The number of rotatable bonds is 1. The molecule has 0 unspecified atom stereocenters. The van der Waals surface area contributed by atoms with Crippen LogP contribution in [0.2, 0.25) is 5.02 Å². The van der Waals surface area contributed by atoms with Crippen LogP contribution in [0.25, 0.3) is 11.0 Å². The van der Waals surface area contributed by atoms with E-state index >= 15 is 0 Å². The summed E-state index contributed by atoms with van der Waals surface area (Å²) in [5.74, 6) is 0. The van der Waals surface area contributed by atoms with Crippen LogP contribution in [-0.4, -0.2) is 27.5 Å². The molecular weight excluding hydrogens is 302 g/mol. The smallest absolute Gasteiger partial charge is 0.399 e. The molecule has 0 amide bonds. The van der Waals surface area contributed by atoms with Crippen LogP contribution in [0.3, 0.4) is 0 Å². The third kappa shape index (κ3) is 1.97. The van der Waals surface area contributed by atoms with Crippen molar-refractivity contribution in [2.75, 3.05) is 0 Å². The molecule has 7 heteroatoms. The Hall–Kier alpha value is -1.24. The number of imidazole rings is 1. The van der Waals surface area contributed by atoms with Gasteiger partial charge in [-0.25, -0.2) is 4.79 Å².